The van der Waals surface area contributed by atoms with E-state index in [0.717, 1.165) is 95.0 Å². The number of allylic oxidation sites excluding steroid dienone is 1. The summed E-state index contributed by atoms with van der Waals surface area (Å²) in [7, 11) is 0.971. The van der Waals surface area contributed by atoms with Crippen molar-refractivity contribution in [3.63, 3.8) is 0 Å². The number of aliphatic hydroxyl groups is 3. The summed E-state index contributed by atoms with van der Waals surface area (Å²) >= 11 is 0. The molecule has 7 atom stereocenters. The molecule has 1 saturated carbocycles. The number of phosphoric ester groups is 1. The van der Waals surface area contributed by atoms with Crippen LogP contribution in [0.15, 0.2) is 28.7 Å². The Morgan fingerprint density at radius 1 is 0.850 bits per heavy atom. The zero-order valence-electron chi connectivity index (χ0n) is 37.9. The van der Waals surface area contributed by atoms with Crippen LogP contribution in [0, 0.1) is 25.7 Å². The zero-order valence-corrected chi connectivity index (χ0v) is 38.8. The van der Waals surface area contributed by atoms with E-state index in [2.05, 4.69) is 27.7 Å². The molecule has 1 aromatic heterocycles. The van der Waals surface area contributed by atoms with Crippen molar-refractivity contribution in [2.75, 3.05) is 47.5 Å². The van der Waals surface area contributed by atoms with Crippen LogP contribution in [0.25, 0.3) is 0 Å². The number of phosphoric acid groups is 1. The number of hydrogen-bond donors (Lipinski definition) is 3. The Labute approximate surface area is 361 Å². The smallest absolute Gasteiger partial charge is 0.309 e. The molecule has 14 heteroatoms. The van der Waals surface area contributed by atoms with Crippen LogP contribution in [0.1, 0.15) is 146 Å². The molecule has 0 aliphatic heterocycles. The van der Waals surface area contributed by atoms with Gasteiger partial charge in [0.2, 0.25) is 0 Å². The van der Waals surface area contributed by atoms with E-state index in [1.165, 1.54) is 11.1 Å². The molecule has 1 heterocycles. The maximum Gasteiger partial charge on any atom is 0.309 e. The van der Waals surface area contributed by atoms with E-state index in [-0.39, 0.29) is 37.7 Å². The molecule has 0 bridgehead atoms. The van der Waals surface area contributed by atoms with Gasteiger partial charge in [-0.1, -0.05) is 95.9 Å². The van der Waals surface area contributed by atoms with Gasteiger partial charge in [0.15, 0.2) is 6.10 Å². The molecular formula is C46H80NO12P. The van der Waals surface area contributed by atoms with Crippen molar-refractivity contribution >= 4 is 19.8 Å². The third-order valence-corrected chi connectivity index (χ3v) is 12.2. The summed E-state index contributed by atoms with van der Waals surface area (Å²) in [5.41, 5.74) is 2.59. The number of quaternary nitrogens is 1. The van der Waals surface area contributed by atoms with Gasteiger partial charge in [0, 0.05) is 31.6 Å². The number of aryl methyl sites for hydroxylation is 2. The lowest BCUT2D eigenvalue weighted by Gasteiger charge is -2.28. The van der Waals surface area contributed by atoms with Gasteiger partial charge in [0.25, 0.3) is 7.82 Å². The third-order valence-electron chi connectivity index (χ3n) is 11.2. The maximum atomic E-state index is 12.8. The van der Waals surface area contributed by atoms with E-state index in [1.54, 1.807) is 24.3 Å². The van der Waals surface area contributed by atoms with Crippen LogP contribution < -0.4 is 4.89 Å². The highest BCUT2D eigenvalue weighted by Gasteiger charge is 2.39. The Kier molecular flexibility index (Phi) is 26.1. The molecule has 1 unspecified atom stereocenters. The van der Waals surface area contributed by atoms with E-state index < -0.39 is 57.4 Å². The highest BCUT2D eigenvalue weighted by molar-refractivity contribution is 7.45. The number of furan rings is 1. The van der Waals surface area contributed by atoms with Gasteiger partial charge in [0.1, 0.15) is 31.3 Å². The SMILES string of the molecule is CCCCC[C@@H](O)/C=C/[C@@H]1[C@H](C/C=C\CC(=O)OC[C@H](COP(=O)([O-])OCC[N+](C)(C)C)OC(=O)CCCCCCCCCCc2oc(CCC)c(C)c2C)[C@@H](O)C[C@H]1O. The molecule has 0 spiro atoms. The Morgan fingerprint density at radius 2 is 1.50 bits per heavy atom. The molecule has 0 amide bonds. The molecule has 1 aliphatic carbocycles. The first-order valence-electron chi connectivity index (χ1n) is 22.7. The van der Waals surface area contributed by atoms with Crippen LogP contribution in [0.4, 0.5) is 0 Å². The van der Waals surface area contributed by atoms with Gasteiger partial charge < -0.3 is 47.6 Å². The predicted molar refractivity (Wildman–Crippen MR) is 232 cm³/mol. The number of ether oxygens (including phenoxy) is 2. The molecule has 13 nitrogen and oxygen atoms in total. The lowest BCUT2D eigenvalue weighted by atomic mass is 9.89. The van der Waals surface area contributed by atoms with Crippen molar-refractivity contribution in [2.24, 2.45) is 11.8 Å². The topological polar surface area (TPSA) is 185 Å². The third kappa shape index (κ3) is 22.7. The first-order valence-corrected chi connectivity index (χ1v) is 24.1. The number of esters is 2. The minimum absolute atomic E-state index is 0.0881. The number of carbonyl (C=O) groups excluding carboxylic acids is 2. The first kappa shape index (κ1) is 53.8. The van der Waals surface area contributed by atoms with Crippen LogP contribution in [0.3, 0.4) is 0 Å². The van der Waals surface area contributed by atoms with Gasteiger partial charge in [0.05, 0.1) is 52.5 Å². The molecule has 1 aromatic rings. The predicted octanol–water partition coefficient (Wildman–Crippen LogP) is 7.76. The van der Waals surface area contributed by atoms with Crippen LogP contribution in [-0.4, -0.2) is 104 Å². The average Bonchev–Trinajstić information content (AvgIpc) is 3.60. The number of nitrogens with zero attached hydrogens (tertiary/aromatic N) is 1. The van der Waals surface area contributed by atoms with E-state index in [1.807, 2.05) is 21.1 Å². The number of aliphatic hydroxyl groups excluding tert-OH is 3. The molecule has 0 aromatic carbocycles. The van der Waals surface area contributed by atoms with Crippen LogP contribution in [0.2, 0.25) is 0 Å². The van der Waals surface area contributed by atoms with Crippen LogP contribution >= 0.6 is 7.82 Å². The number of hydrogen-bond acceptors (Lipinski definition) is 12. The standard InChI is InChI=1S/C46H80NO12P/c1-8-10-17-23-37(48)28-29-40-39(41(49)32-42(40)50)24-20-21-26-45(51)55-33-38(34-57-60(53,54)56-31-30-47(5,6)7)58-46(52)27-19-16-14-12-11-13-15-18-25-44-36(4)35(3)43(59-44)22-9-2/h20-21,28-29,37-42,48-50H,8-19,22-27,30-34H2,1-7H3/b21-20-,29-28+/t37-,38-,39+,40-,41+,42-/m1/s1. The highest BCUT2D eigenvalue weighted by atomic mass is 31.2. The summed E-state index contributed by atoms with van der Waals surface area (Å²) in [6.45, 7) is 7.93. The molecule has 2 rings (SSSR count). The first-order chi connectivity index (χ1) is 28.5. The van der Waals surface area contributed by atoms with Gasteiger partial charge in [-0.05, 0) is 63.0 Å². The minimum Gasteiger partial charge on any atom is -0.756 e. The van der Waals surface area contributed by atoms with Gasteiger partial charge in [-0.2, -0.15) is 0 Å². The van der Waals surface area contributed by atoms with Crippen molar-refractivity contribution < 1.29 is 61.8 Å². The monoisotopic (exact) mass is 870 g/mol. The van der Waals surface area contributed by atoms with Gasteiger partial charge >= 0.3 is 11.9 Å². The van der Waals surface area contributed by atoms with Gasteiger partial charge in [-0.3, -0.25) is 14.2 Å². The zero-order chi connectivity index (χ0) is 44.6. The van der Waals surface area contributed by atoms with E-state index in [4.69, 9.17) is 22.9 Å². The molecule has 346 valence electrons. The summed E-state index contributed by atoms with van der Waals surface area (Å²) in [6, 6.07) is 0. The van der Waals surface area contributed by atoms with E-state index >= 15 is 0 Å². The fraction of sp³-hybridized carbons (Fsp3) is 0.783. The second-order valence-electron chi connectivity index (χ2n) is 17.6. The largest absolute Gasteiger partial charge is 0.756 e. The van der Waals surface area contributed by atoms with Crippen LogP contribution in [0.5, 0.6) is 0 Å². The van der Waals surface area contributed by atoms with Crippen molar-refractivity contribution in [1.29, 1.82) is 0 Å². The Hall–Kier alpha value is -2.35. The van der Waals surface area contributed by atoms with Crippen molar-refractivity contribution in [3.05, 3.63) is 47.0 Å². The lowest BCUT2D eigenvalue weighted by Crippen LogP contribution is -2.37. The van der Waals surface area contributed by atoms with Gasteiger partial charge in [-0.25, -0.2) is 0 Å². The molecule has 1 fully saturated rings. The minimum atomic E-state index is -4.72. The highest BCUT2D eigenvalue weighted by Crippen LogP contribution is 2.39. The second kappa shape index (κ2) is 29.1. The number of unbranched alkanes of at least 4 members (excludes halogenated alkanes) is 9. The maximum absolute atomic E-state index is 12.8. The van der Waals surface area contributed by atoms with Crippen molar-refractivity contribution in [1.82, 2.24) is 0 Å². The molecule has 0 radical (unpaired) electrons. The number of rotatable bonds is 33. The Balaban J connectivity index is 1.79. The normalized spacial score (nSPS) is 20.5. The molecule has 60 heavy (non-hydrogen) atoms. The van der Waals surface area contributed by atoms with E-state index in [9.17, 15) is 34.4 Å². The summed E-state index contributed by atoms with van der Waals surface area (Å²) in [5.74, 6) is 0.481. The number of likely N-dealkylation sites (N-methyl/N-ethyl adjacent to an activating group) is 1. The van der Waals surface area contributed by atoms with Gasteiger partial charge in [-0.15, -0.1) is 0 Å². The van der Waals surface area contributed by atoms with Crippen LogP contribution in [-0.2, 0) is 45.5 Å². The van der Waals surface area contributed by atoms with Crippen molar-refractivity contribution in [2.45, 2.75) is 174 Å². The Bertz CT molecular complexity index is 1470. The quantitative estimate of drug-likeness (QED) is 0.0205. The summed E-state index contributed by atoms with van der Waals surface area (Å²) in [4.78, 5) is 37.9. The second-order valence-corrected chi connectivity index (χ2v) is 19.0. The molecular weight excluding hydrogens is 789 g/mol. The molecule has 3 N–H and O–H groups in total. The lowest BCUT2D eigenvalue weighted by molar-refractivity contribution is -0.870. The summed E-state index contributed by atoms with van der Waals surface area (Å²) in [6.07, 6.45) is 19.0. The summed E-state index contributed by atoms with van der Waals surface area (Å²) < 4.78 is 40.0. The average molecular weight is 870 g/mol. The van der Waals surface area contributed by atoms with E-state index in [0.29, 0.717) is 30.3 Å². The fourth-order valence-corrected chi connectivity index (χ4v) is 8.11. The number of carbonyl (C=O) groups is 2. The van der Waals surface area contributed by atoms with Crippen molar-refractivity contribution in [3.8, 4) is 0 Å². The Morgan fingerprint density at radius 3 is 2.15 bits per heavy atom. The summed E-state index contributed by atoms with van der Waals surface area (Å²) in [5, 5.41) is 31.4. The molecule has 0 saturated heterocycles. The molecule has 1 aliphatic rings. The fourth-order valence-electron chi connectivity index (χ4n) is 7.38.